The normalized spacial score (nSPS) is 26.1. The Morgan fingerprint density at radius 1 is 1.10 bits per heavy atom. The number of likely N-dealkylation sites (tertiary alicyclic amines) is 1. The molecule has 1 aliphatic carbocycles. The molecule has 0 radical (unpaired) electrons. The molecule has 1 N–H and O–H groups in total. The van der Waals surface area contributed by atoms with Gasteiger partial charge in [-0.25, -0.2) is 0 Å². The number of carbonyl (C=O) groups is 1. The molecular formula is C24H28ClNO3. The van der Waals surface area contributed by atoms with E-state index in [4.69, 9.17) is 16.3 Å². The van der Waals surface area contributed by atoms with Gasteiger partial charge in [-0.2, -0.15) is 0 Å². The van der Waals surface area contributed by atoms with Crippen molar-refractivity contribution in [1.29, 1.82) is 0 Å². The van der Waals surface area contributed by atoms with Crippen molar-refractivity contribution in [2.45, 2.75) is 37.2 Å². The van der Waals surface area contributed by atoms with Crippen LogP contribution in [0.3, 0.4) is 0 Å². The minimum atomic E-state index is -0.803. The monoisotopic (exact) mass is 413 g/mol. The molecule has 154 valence electrons. The van der Waals surface area contributed by atoms with Crippen LogP contribution in [0.15, 0.2) is 54.6 Å². The second-order valence-electron chi connectivity index (χ2n) is 8.30. The van der Waals surface area contributed by atoms with E-state index in [9.17, 15) is 9.90 Å². The fourth-order valence-electron chi connectivity index (χ4n) is 4.73. The highest BCUT2D eigenvalue weighted by atomic mass is 35.5. The summed E-state index contributed by atoms with van der Waals surface area (Å²) in [6.07, 6.45) is 2.19. The molecule has 0 bridgehead atoms. The minimum absolute atomic E-state index is 0.106. The van der Waals surface area contributed by atoms with E-state index in [2.05, 4.69) is 4.90 Å². The Bertz CT molecular complexity index is 846. The summed E-state index contributed by atoms with van der Waals surface area (Å²) in [7, 11) is 0. The topological polar surface area (TPSA) is 49.8 Å². The second-order valence-corrected chi connectivity index (χ2v) is 8.73. The maximum absolute atomic E-state index is 12.8. The van der Waals surface area contributed by atoms with Gasteiger partial charge >= 0.3 is 5.97 Å². The van der Waals surface area contributed by atoms with E-state index < -0.39 is 11.0 Å². The van der Waals surface area contributed by atoms with Crippen LogP contribution in [0.1, 0.15) is 37.3 Å². The highest BCUT2D eigenvalue weighted by Gasteiger charge is 2.62. The molecule has 0 spiro atoms. The smallest absolute Gasteiger partial charge is 0.316 e. The Hall–Kier alpha value is -1.88. The standard InChI is InChI=1S/C24H28ClNO3/c1-2-29-22(27)24(19-6-4-3-5-7-19)16-20(24)17-26-14-12-23(28,13-15-26)18-8-10-21(25)11-9-18/h3-11,20,28H,2,12-17H2,1H3/t20-,24+/m1/s1. The number of ether oxygens (including phenoxy) is 1. The predicted octanol–water partition coefficient (Wildman–Crippen LogP) is 4.14. The first-order chi connectivity index (χ1) is 14.0. The van der Waals surface area contributed by atoms with Crippen LogP contribution in [0.25, 0.3) is 0 Å². The Labute approximate surface area is 177 Å². The largest absolute Gasteiger partial charge is 0.465 e. The third kappa shape index (κ3) is 3.94. The quantitative estimate of drug-likeness (QED) is 0.723. The number of hydrogen-bond acceptors (Lipinski definition) is 4. The summed E-state index contributed by atoms with van der Waals surface area (Å²) in [5.74, 6) is 0.150. The second kappa shape index (κ2) is 8.10. The number of nitrogens with zero attached hydrogens (tertiary/aromatic N) is 1. The van der Waals surface area contributed by atoms with Crippen molar-refractivity contribution in [1.82, 2.24) is 4.90 Å². The Morgan fingerprint density at radius 3 is 2.38 bits per heavy atom. The van der Waals surface area contributed by atoms with Gasteiger partial charge in [0.15, 0.2) is 0 Å². The van der Waals surface area contributed by atoms with Gasteiger partial charge in [-0.3, -0.25) is 4.79 Å². The van der Waals surface area contributed by atoms with Gasteiger partial charge in [0.05, 0.1) is 17.6 Å². The first-order valence-corrected chi connectivity index (χ1v) is 10.8. The van der Waals surface area contributed by atoms with Crippen molar-refractivity contribution in [3.05, 3.63) is 70.7 Å². The number of aliphatic hydroxyl groups is 1. The van der Waals surface area contributed by atoms with E-state index in [-0.39, 0.29) is 11.9 Å². The summed E-state index contributed by atoms with van der Waals surface area (Å²) in [5, 5.41) is 11.8. The number of rotatable bonds is 6. The van der Waals surface area contributed by atoms with Crippen LogP contribution in [0.4, 0.5) is 0 Å². The molecule has 1 saturated heterocycles. The molecule has 5 heteroatoms. The zero-order valence-corrected chi connectivity index (χ0v) is 17.6. The van der Waals surface area contributed by atoms with Gasteiger partial charge in [0.25, 0.3) is 0 Å². The van der Waals surface area contributed by atoms with Crippen molar-refractivity contribution in [2.75, 3.05) is 26.2 Å². The molecule has 2 aromatic rings. The van der Waals surface area contributed by atoms with Crippen LogP contribution < -0.4 is 0 Å². The summed E-state index contributed by atoms with van der Waals surface area (Å²) >= 11 is 5.98. The van der Waals surface area contributed by atoms with E-state index in [0.717, 1.165) is 37.2 Å². The number of benzene rings is 2. The van der Waals surface area contributed by atoms with Crippen molar-refractivity contribution in [3.8, 4) is 0 Å². The summed E-state index contributed by atoms with van der Waals surface area (Å²) in [6.45, 7) is 4.73. The van der Waals surface area contributed by atoms with Gasteiger partial charge in [-0.05, 0) is 55.4 Å². The van der Waals surface area contributed by atoms with Gasteiger partial charge in [-0.15, -0.1) is 0 Å². The van der Waals surface area contributed by atoms with E-state index >= 15 is 0 Å². The van der Waals surface area contributed by atoms with Gasteiger partial charge in [-0.1, -0.05) is 54.1 Å². The molecule has 2 aliphatic rings. The van der Waals surface area contributed by atoms with Gasteiger partial charge in [0.2, 0.25) is 0 Å². The van der Waals surface area contributed by atoms with Gasteiger partial charge in [0, 0.05) is 24.7 Å². The van der Waals surface area contributed by atoms with E-state index in [1.54, 1.807) is 0 Å². The van der Waals surface area contributed by atoms with Crippen LogP contribution in [0, 0.1) is 5.92 Å². The van der Waals surface area contributed by atoms with Crippen LogP contribution >= 0.6 is 11.6 Å². The maximum Gasteiger partial charge on any atom is 0.316 e. The number of carbonyl (C=O) groups excluding carboxylic acids is 1. The van der Waals surface area contributed by atoms with Crippen molar-refractivity contribution >= 4 is 17.6 Å². The van der Waals surface area contributed by atoms with Crippen molar-refractivity contribution in [2.24, 2.45) is 5.92 Å². The van der Waals surface area contributed by atoms with E-state index in [1.165, 1.54) is 0 Å². The molecule has 1 heterocycles. The summed E-state index contributed by atoms with van der Waals surface area (Å²) < 4.78 is 5.44. The molecule has 0 aromatic heterocycles. The molecule has 1 aliphatic heterocycles. The number of hydrogen-bond donors (Lipinski definition) is 1. The fourth-order valence-corrected chi connectivity index (χ4v) is 4.86. The first kappa shape index (κ1) is 20.4. The first-order valence-electron chi connectivity index (χ1n) is 10.4. The fraction of sp³-hybridized carbons (Fsp3) is 0.458. The third-order valence-corrected chi connectivity index (χ3v) is 6.83. The molecular weight excluding hydrogens is 386 g/mol. The van der Waals surface area contributed by atoms with Crippen LogP contribution in [0.2, 0.25) is 5.02 Å². The minimum Gasteiger partial charge on any atom is -0.465 e. The zero-order chi connectivity index (χ0) is 20.5. The lowest BCUT2D eigenvalue weighted by Crippen LogP contribution is -2.44. The van der Waals surface area contributed by atoms with Crippen molar-refractivity contribution in [3.63, 3.8) is 0 Å². The molecule has 2 atom stereocenters. The molecule has 0 amide bonds. The number of piperidine rings is 1. The van der Waals surface area contributed by atoms with Crippen LogP contribution in [0.5, 0.6) is 0 Å². The van der Waals surface area contributed by atoms with Crippen LogP contribution in [-0.4, -0.2) is 42.2 Å². The average molecular weight is 414 g/mol. The SMILES string of the molecule is CCOC(=O)[C@]1(c2ccccc2)C[C@@H]1CN1CCC(O)(c2ccc(Cl)cc2)CC1. The third-order valence-electron chi connectivity index (χ3n) is 6.58. The lowest BCUT2D eigenvalue weighted by atomic mass is 9.84. The summed E-state index contributed by atoms with van der Waals surface area (Å²) in [4.78, 5) is 15.2. The Balaban J connectivity index is 1.42. The van der Waals surface area contributed by atoms with Crippen molar-refractivity contribution < 1.29 is 14.6 Å². The molecule has 1 saturated carbocycles. The van der Waals surface area contributed by atoms with Crippen LogP contribution in [-0.2, 0) is 20.5 Å². The predicted molar refractivity (Wildman–Crippen MR) is 114 cm³/mol. The van der Waals surface area contributed by atoms with Gasteiger partial charge in [0.1, 0.15) is 0 Å². The van der Waals surface area contributed by atoms with Gasteiger partial charge < -0.3 is 14.7 Å². The Morgan fingerprint density at radius 2 is 1.76 bits per heavy atom. The molecule has 4 rings (SSSR count). The summed E-state index contributed by atoms with van der Waals surface area (Å²) in [6, 6.07) is 17.5. The maximum atomic E-state index is 12.8. The number of esters is 1. The molecule has 2 fully saturated rings. The molecule has 2 aromatic carbocycles. The highest BCUT2D eigenvalue weighted by molar-refractivity contribution is 6.30. The lowest BCUT2D eigenvalue weighted by Gasteiger charge is -2.39. The van der Waals surface area contributed by atoms with E-state index in [0.29, 0.717) is 24.5 Å². The number of halogens is 1. The summed E-state index contributed by atoms with van der Waals surface area (Å²) in [5.41, 5.74) is 0.667. The zero-order valence-electron chi connectivity index (χ0n) is 16.8. The average Bonchev–Trinajstić information content (AvgIpc) is 3.46. The lowest BCUT2D eigenvalue weighted by molar-refractivity contribution is -0.146. The Kier molecular flexibility index (Phi) is 5.69. The molecule has 0 unspecified atom stereocenters. The highest BCUT2D eigenvalue weighted by Crippen LogP contribution is 2.55. The molecule has 4 nitrogen and oxygen atoms in total. The molecule has 29 heavy (non-hydrogen) atoms. The van der Waals surface area contributed by atoms with E-state index in [1.807, 2.05) is 61.5 Å².